The Morgan fingerprint density at radius 1 is 1.50 bits per heavy atom. The van der Waals surface area contributed by atoms with Crippen LogP contribution in [0.2, 0.25) is 0 Å². The van der Waals surface area contributed by atoms with Crippen LogP contribution < -0.4 is 5.73 Å². The lowest BCUT2D eigenvalue weighted by atomic mass is 10.1. The molecule has 0 aromatic heterocycles. The minimum absolute atomic E-state index is 0.0371. The van der Waals surface area contributed by atoms with Crippen molar-refractivity contribution < 1.29 is 4.79 Å². The molecule has 0 radical (unpaired) electrons. The fraction of sp³-hybridized carbons (Fsp3) is 0.917. The van der Waals surface area contributed by atoms with Crippen LogP contribution in [0, 0.1) is 0 Å². The maximum atomic E-state index is 12.4. The predicted octanol–water partition coefficient (Wildman–Crippen LogP) is 0.665. The molecule has 1 heterocycles. The van der Waals surface area contributed by atoms with Gasteiger partial charge < -0.3 is 10.6 Å². The molecule has 4 heteroatoms. The third-order valence-electron chi connectivity index (χ3n) is 3.61. The van der Waals surface area contributed by atoms with E-state index in [9.17, 15) is 4.79 Å². The van der Waals surface area contributed by atoms with Gasteiger partial charge in [-0.25, -0.2) is 0 Å². The molecule has 0 spiro atoms. The number of hydrogen-bond acceptors (Lipinski definition) is 3. The third kappa shape index (κ3) is 2.74. The standard InChI is InChI=1S/C12H25N3O/c1-9(2)15-8-6-10(3)14(4)11(5-7-13)12(15)16/h9-11H,5-8,13H2,1-4H3. The van der Waals surface area contributed by atoms with Gasteiger partial charge in [-0.1, -0.05) is 0 Å². The molecule has 2 atom stereocenters. The molecular formula is C12H25N3O. The van der Waals surface area contributed by atoms with Crippen LogP contribution in [0.4, 0.5) is 0 Å². The van der Waals surface area contributed by atoms with Crippen molar-refractivity contribution in [3.63, 3.8) is 0 Å². The quantitative estimate of drug-likeness (QED) is 0.771. The molecule has 1 saturated heterocycles. The van der Waals surface area contributed by atoms with Gasteiger partial charge in [0.2, 0.25) is 5.91 Å². The number of carbonyl (C=O) groups excluding carboxylic acids is 1. The summed E-state index contributed by atoms with van der Waals surface area (Å²) in [5.41, 5.74) is 5.60. The third-order valence-corrected chi connectivity index (χ3v) is 3.61. The smallest absolute Gasteiger partial charge is 0.240 e. The highest BCUT2D eigenvalue weighted by Crippen LogP contribution is 2.19. The Morgan fingerprint density at radius 2 is 2.12 bits per heavy atom. The highest BCUT2D eigenvalue weighted by molar-refractivity contribution is 5.82. The highest BCUT2D eigenvalue weighted by atomic mass is 16.2. The monoisotopic (exact) mass is 227 g/mol. The molecule has 1 rings (SSSR count). The van der Waals surface area contributed by atoms with Gasteiger partial charge in [0.25, 0.3) is 0 Å². The van der Waals surface area contributed by atoms with E-state index in [-0.39, 0.29) is 18.0 Å². The van der Waals surface area contributed by atoms with E-state index in [1.165, 1.54) is 0 Å². The van der Waals surface area contributed by atoms with Crippen LogP contribution in [-0.4, -0.2) is 54.0 Å². The SMILES string of the molecule is CC(C)N1CCC(C)N(C)C(CCN)C1=O. The van der Waals surface area contributed by atoms with Gasteiger partial charge in [0, 0.05) is 18.6 Å². The van der Waals surface area contributed by atoms with E-state index in [1.54, 1.807) is 0 Å². The Balaban J connectivity index is 2.86. The summed E-state index contributed by atoms with van der Waals surface area (Å²) in [6, 6.07) is 0.695. The summed E-state index contributed by atoms with van der Waals surface area (Å²) in [6.45, 7) is 7.77. The first-order valence-electron chi connectivity index (χ1n) is 6.21. The van der Waals surface area contributed by atoms with Crippen LogP contribution in [-0.2, 0) is 4.79 Å². The van der Waals surface area contributed by atoms with Crippen molar-refractivity contribution >= 4 is 5.91 Å². The molecule has 2 unspecified atom stereocenters. The molecule has 1 fully saturated rings. The summed E-state index contributed by atoms with van der Waals surface area (Å²) in [7, 11) is 2.03. The summed E-state index contributed by atoms with van der Waals surface area (Å²) in [6.07, 6.45) is 1.80. The topological polar surface area (TPSA) is 49.6 Å². The number of amides is 1. The molecule has 0 bridgehead atoms. The van der Waals surface area contributed by atoms with E-state index in [0.717, 1.165) is 19.4 Å². The van der Waals surface area contributed by atoms with Crippen LogP contribution in [0.25, 0.3) is 0 Å². The van der Waals surface area contributed by atoms with Gasteiger partial charge in [-0.2, -0.15) is 0 Å². The van der Waals surface area contributed by atoms with Gasteiger partial charge >= 0.3 is 0 Å². The fourth-order valence-electron chi connectivity index (χ4n) is 2.31. The summed E-state index contributed by atoms with van der Waals surface area (Å²) in [5.74, 6) is 0.243. The number of carbonyl (C=O) groups is 1. The Bertz CT molecular complexity index is 242. The fourth-order valence-corrected chi connectivity index (χ4v) is 2.31. The largest absolute Gasteiger partial charge is 0.339 e. The number of likely N-dealkylation sites (N-methyl/N-ethyl adjacent to an activating group) is 1. The van der Waals surface area contributed by atoms with Crippen molar-refractivity contribution in [2.45, 2.75) is 51.7 Å². The molecule has 0 aromatic carbocycles. The van der Waals surface area contributed by atoms with Gasteiger partial charge in [-0.05, 0) is 47.2 Å². The van der Waals surface area contributed by atoms with Crippen molar-refractivity contribution in [1.29, 1.82) is 0 Å². The van der Waals surface area contributed by atoms with Crippen molar-refractivity contribution in [3.05, 3.63) is 0 Å². The van der Waals surface area contributed by atoms with E-state index >= 15 is 0 Å². The number of rotatable bonds is 3. The van der Waals surface area contributed by atoms with Crippen LogP contribution in [0.15, 0.2) is 0 Å². The zero-order chi connectivity index (χ0) is 12.3. The first kappa shape index (κ1) is 13.5. The lowest BCUT2D eigenvalue weighted by Gasteiger charge is -2.31. The zero-order valence-corrected chi connectivity index (χ0v) is 10.9. The van der Waals surface area contributed by atoms with Crippen LogP contribution in [0.3, 0.4) is 0 Å². The Labute approximate surface area is 98.8 Å². The molecular weight excluding hydrogens is 202 g/mol. The van der Waals surface area contributed by atoms with Gasteiger partial charge in [-0.3, -0.25) is 9.69 Å². The average molecular weight is 227 g/mol. The molecule has 1 aliphatic rings. The normalized spacial score (nSPS) is 28.6. The van der Waals surface area contributed by atoms with E-state index in [1.807, 2.05) is 11.9 Å². The Hall–Kier alpha value is -0.610. The minimum Gasteiger partial charge on any atom is -0.339 e. The van der Waals surface area contributed by atoms with Gasteiger partial charge in [0.1, 0.15) is 0 Å². The van der Waals surface area contributed by atoms with Crippen molar-refractivity contribution in [2.75, 3.05) is 20.1 Å². The molecule has 2 N–H and O–H groups in total. The Kier molecular flexibility index (Phi) is 4.74. The van der Waals surface area contributed by atoms with Crippen LogP contribution in [0.1, 0.15) is 33.6 Å². The van der Waals surface area contributed by atoms with Crippen molar-refractivity contribution in [1.82, 2.24) is 9.80 Å². The average Bonchev–Trinajstić information content (AvgIpc) is 2.32. The van der Waals surface area contributed by atoms with E-state index in [4.69, 9.17) is 5.73 Å². The molecule has 1 aliphatic heterocycles. The molecule has 94 valence electrons. The first-order valence-corrected chi connectivity index (χ1v) is 6.21. The molecule has 0 aliphatic carbocycles. The van der Waals surface area contributed by atoms with Crippen molar-refractivity contribution in [2.24, 2.45) is 5.73 Å². The summed E-state index contributed by atoms with van der Waals surface area (Å²) in [5, 5.41) is 0. The van der Waals surface area contributed by atoms with Crippen LogP contribution in [0.5, 0.6) is 0 Å². The second kappa shape index (κ2) is 5.64. The maximum absolute atomic E-state index is 12.4. The second-order valence-electron chi connectivity index (χ2n) is 5.02. The summed E-state index contributed by atoms with van der Waals surface area (Å²) < 4.78 is 0. The molecule has 4 nitrogen and oxygen atoms in total. The number of nitrogens with zero attached hydrogens (tertiary/aromatic N) is 2. The summed E-state index contributed by atoms with van der Waals surface area (Å²) >= 11 is 0. The van der Waals surface area contributed by atoms with Gasteiger partial charge in [0.05, 0.1) is 6.04 Å². The second-order valence-corrected chi connectivity index (χ2v) is 5.02. The lowest BCUT2D eigenvalue weighted by Crippen LogP contribution is -2.48. The Morgan fingerprint density at radius 3 is 2.62 bits per heavy atom. The predicted molar refractivity (Wildman–Crippen MR) is 66.2 cm³/mol. The minimum atomic E-state index is -0.0371. The molecule has 1 amide bonds. The molecule has 0 saturated carbocycles. The van der Waals surface area contributed by atoms with Gasteiger partial charge in [-0.15, -0.1) is 0 Å². The molecule has 16 heavy (non-hydrogen) atoms. The van der Waals surface area contributed by atoms with Crippen molar-refractivity contribution in [3.8, 4) is 0 Å². The van der Waals surface area contributed by atoms with E-state index in [0.29, 0.717) is 12.6 Å². The first-order chi connectivity index (χ1) is 7.49. The number of nitrogens with two attached hydrogens (primary N) is 1. The summed E-state index contributed by atoms with van der Waals surface area (Å²) in [4.78, 5) is 16.5. The zero-order valence-electron chi connectivity index (χ0n) is 10.9. The van der Waals surface area contributed by atoms with Crippen LogP contribution >= 0.6 is 0 Å². The number of hydrogen-bond donors (Lipinski definition) is 1. The molecule has 0 aromatic rings. The highest BCUT2D eigenvalue weighted by Gasteiger charge is 2.34. The lowest BCUT2D eigenvalue weighted by molar-refractivity contribution is -0.137. The van der Waals surface area contributed by atoms with Gasteiger partial charge in [0.15, 0.2) is 0 Å². The van der Waals surface area contributed by atoms with E-state index in [2.05, 4.69) is 25.7 Å². The maximum Gasteiger partial charge on any atom is 0.240 e. The van der Waals surface area contributed by atoms with E-state index < -0.39 is 0 Å².